The van der Waals surface area contributed by atoms with Crippen molar-refractivity contribution >= 4 is 12.0 Å². The molecule has 0 aromatic heterocycles. The molecule has 4 rings (SSSR count). The van der Waals surface area contributed by atoms with E-state index in [2.05, 4.69) is 11.4 Å². The molecule has 3 fully saturated rings. The number of likely N-dealkylation sites (tertiary alicyclic amines) is 1. The van der Waals surface area contributed by atoms with E-state index in [1.807, 2.05) is 4.90 Å². The van der Waals surface area contributed by atoms with E-state index in [0.717, 1.165) is 25.3 Å². The van der Waals surface area contributed by atoms with Gasteiger partial charge in [-0.2, -0.15) is 5.26 Å². The zero-order chi connectivity index (χ0) is 24.2. The molecule has 184 valence electrons. The van der Waals surface area contributed by atoms with Crippen LogP contribution < -0.4 is 5.32 Å². The van der Waals surface area contributed by atoms with Crippen LogP contribution in [0.4, 0.5) is 13.6 Å². The SMILES string of the molecule is N#CC1(NC(=O)C2(OC(=O)N3CCOCC3)CCCCC2)CCN(Cc2ccc(F)cc2F)C1. The minimum Gasteiger partial charge on any atom is -0.433 e. The van der Waals surface area contributed by atoms with Gasteiger partial charge in [-0.3, -0.25) is 9.69 Å². The van der Waals surface area contributed by atoms with E-state index >= 15 is 0 Å². The van der Waals surface area contributed by atoms with Crippen LogP contribution in [0, 0.1) is 23.0 Å². The average molecular weight is 477 g/mol. The van der Waals surface area contributed by atoms with Crippen LogP contribution >= 0.6 is 0 Å². The number of nitriles is 1. The smallest absolute Gasteiger partial charge is 0.410 e. The number of morpholine rings is 1. The van der Waals surface area contributed by atoms with Gasteiger partial charge in [0.2, 0.25) is 0 Å². The molecule has 1 saturated carbocycles. The largest absolute Gasteiger partial charge is 0.433 e. The third-order valence-electron chi connectivity index (χ3n) is 6.95. The Kier molecular flexibility index (Phi) is 7.33. The molecule has 3 aliphatic rings. The van der Waals surface area contributed by atoms with Gasteiger partial charge >= 0.3 is 6.09 Å². The van der Waals surface area contributed by atoms with Crippen LogP contribution in [0.3, 0.4) is 0 Å². The van der Waals surface area contributed by atoms with Crippen molar-refractivity contribution in [2.75, 3.05) is 39.4 Å². The van der Waals surface area contributed by atoms with Crippen LogP contribution in [0.25, 0.3) is 0 Å². The maximum absolute atomic E-state index is 14.1. The van der Waals surface area contributed by atoms with E-state index in [-0.39, 0.29) is 13.1 Å². The summed E-state index contributed by atoms with van der Waals surface area (Å²) < 4.78 is 38.4. The van der Waals surface area contributed by atoms with Gasteiger partial charge < -0.3 is 19.7 Å². The third-order valence-corrected chi connectivity index (χ3v) is 6.95. The summed E-state index contributed by atoms with van der Waals surface area (Å²) in [6.07, 6.45) is 3.07. The van der Waals surface area contributed by atoms with Crippen LogP contribution in [-0.2, 0) is 20.8 Å². The Bertz CT molecular complexity index is 957. The summed E-state index contributed by atoms with van der Waals surface area (Å²) >= 11 is 0. The van der Waals surface area contributed by atoms with E-state index in [9.17, 15) is 23.6 Å². The van der Waals surface area contributed by atoms with Gasteiger partial charge in [-0.25, -0.2) is 13.6 Å². The molecular weight excluding hydrogens is 446 g/mol. The number of hydrogen-bond acceptors (Lipinski definition) is 6. The van der Waals surface area contributed by atoms with E-state index in [0.29, 0.717) is 57.7 Å². The molecule has 0 bridgehead atoms. The average Bonchev–Trinajstić information content (AvgIpc) is 3.25. The Hall–Kier alpha value is -2.77. The van der Waals surface area contributed by atoms with E-state index < -0.39 is 34.8 Å². The number of benzene rings is 1. The van der Waals surface area contributed by atoms with Gasteiger partial charge in [0.25, 0.3) is 5.91 Å². The van der Waals surface area contributed by atoms with Crippen molar-refractivity contribution in [1.29, 1.82) is 5.26 Å². The van der Waals surface area contributed by atoms with Crippen molar-refractivity contribution in [3.63, 3.8) is 0 Å². The Balaban J connectivity index is 1.44. The van der Waals surface area contributed by atoms with Gasteiger partial charge in [0.05, 0.1) is 19.3 Å². The fraction of sp³-hybridized carbons (Fsp3) is 0.625. The number of amides is 2. The molecule has 0 spiro atoms. The predicted octanol–water partition coefficient (Wildman–Crippen LogP) is 2.72. The molecule has 2 heterocycles. The molecule has 8 nitrogen and oxygen atoms in total. The van der Waals surface area contributed by atoms with Crippen LogP contribution in [0.5, 0.6) is 0 Å². The van der Waals surface area contributed by atoms with Crippen molar-refractivity contribution in [2.24, 2.45) is 0 Å². The highest BCUT2D eigenvalue weighted by Crippen LogP contribution is 2.34. The molecule has 2 aliphatic heterocycles. The van der Waals surface area contributed by atoms with E-state index in [1.165, 1.54) is 12.1 Å². The van der Waals surface area contributed by atoms with E-state index in [4.69, 9.17) is 9.47 Å². The van der Waals surface area contributed by atoms with Crippen molar-refractivity contribution in [1.82, 2.24) is 15.1 Å². The fourth-order valence-electron chi connectivity index (χ4n) is 4.94. The number of nitrogens with one attached hydrogen (secondary N) is 1. The minimum atomic E-state index is -1.31. The second-order valence-corrected chi connectivity index (χ2v) is 9.37. The normalized spacial score (nSPS) is 24.9. The standard InChI is InChI=1S/C24H30F2N4O4/c25-19-5-4-18(20(26)14-19)15-29-9-8-23(16-27,17-29)28-21(31)24(6-2-1-3-7-24)34-22(32)30-10-12-33-13-11-30/h4-5,14H,1-3,6-13,15,17H2,(H,28,31). The minimum absolute atomic E-state index is 0.194. The molecule has 1 aromatic rings. The molecule has 1 N–H and O–H groups in total. The molecule has 1 aliphatic carbocycles. The first kappa shape index (κ1) is 24.4. The predicted molar refractivity (Wildman–Crippen MR) is 117 cm³/mol. The van der Waals surface area contributed by atoms with Crippen LogP contribution in [0.1, 0.15) is 44.1 Å². The van der Waals surface area contributed by atoms with Crippen molar-refractivity contribution in [3.8, 4) is 6.07 Å². The number of nitrogens with zero attached hydrogens (tertiary/aromatic N) is 3. The Morgan fingerprint density at radius 3 is 2.53 bits per heavy atom. The molecule has 2 saturated heterocycles. The maximum Gasteiger partial charge on any atom is 0.410 e. The lowest BCUT2D eigenvalue weighted by Gasteiger charge is -2.39. The zero-order valence-corrected chi connectivity index (χ0v) is 19.2. The third kappa shape index (κ3) is 5.31. The summed E-state index contributed by atoms with van der Waals surface area (Å²) in [5, 5.41) is 12.8. The van der Waals surface area contributed by atoms with Crippen LogP contribution in [0.2, 0.25) is 0 Å². The summed E-state index contributed by atoms with van der Waals surface area (Å²) in [6.45, 7) is 2.53. The number of ether oxygens (including phenoxy) is 2. The summed E-state index contributed by atoms with van der Waals surface area (Å²) in [7, 11) is 0. The fourth-order valence-corrected chi connectivity index (χ4v) is 4.94. The summed E-state index contributed by atoms with van der Waals surface area (Å²) in [5.74, 6) is -1.74. The van der Waals surface area contributed by atoms with Crippen molar-refractivity contribution in [2.45, 2.75) is 56.2 Å². The summed E-state index contributed by atoms with van der Waals surface area (Å²) in [5.41, 5.74) is -2.16. The summed E-state index contributed by atoms with van der Waals surface area (Å²) in [4.78, 5) is 29.7. The first-order valence-corrected chi connectivity index (χ1v) is 11.8. The second-order valence-electron chi connectivity index (χ2n) is 9.37. The maximum atomic E-state index is 14.1. The number of carbonyl (C=O) groups excluding carboxylic acids is 2. The molecule has 34 heavy (non-hydrogen) atoms. The molecule has 0 radical (unpaired) electrons. The summed E-state index contributed by atoms with van der Waals surface area (Å²) in [6, 6.07) is 5.64. The first-order valence-electron chi connectivity index (χ1n) is 11.8. The van der Waals surface area contributed by atoms with Crippen molar-refractivity contribution in [3.05, 3.63) is 35.4 Å². The highest BCUT2D eigenvalue weighted by Gasteiger charge is 2.49. The Morgan fingerprint density at radius 2 is 1.85 bits per heavy atom. The molecule has 1 atom stereocenters. The van der Waals surface area contributed by atoms with Crippen molar-refractivity contribution < 1.29 is 27.8 Å². The Labute approximate surface area is 197 Å². The molecule has 1 unspecified atom stereocenters. The number of rotatable bonds is 5. The molecular formula is C24H30F2N4O4. The lowest BCUT2D eigenvalue weighted by molar-refractivity contribution is -0.146. The number of halogens is 2. The first-order chi connectivity index (χ1) is 16.3. The van der Waals surface area contributed by atoms with Crippen LogP contribution in [0.15, 0.2) is 18.2 Å². The van der Waals surface area contributed by atoms with E-state index in [1.54, 1.807) is 4.90 Å². The monoisotopic (exact) mass is 476 g/mol. The molecule has 10 heteroatoms. The highest BCUT2D eigenvalue weighted by atomic mass is 19.1. The Morgan fingerprint density at radius 1 is 1.12 bits per heavy atom. The zero-order valence-electron chi connectivity index (χ0n) is 19.2. The lowest BCUT2D eigenvalue weighted by Crippen LogP contribution is -2.60. The van der Waals surface area contributed by atoms with Gasteiger partial charge in [0, 0.05) is 44.4 Å². The lowest BCUT2D eigenvalue weighted by atomic mass is 9.83. The highest BCUT2D eigenvalue weighted by molar-refractivity contribution is 5.88. The number of carbonyl (C=O) groups is 2. The number of hydrogen-bond donors (Lipinski definition) is 1. The second kappa shape index (κ2) is 10.2. The van der Waals surface area contributed by atoms with Crippen LogP contribution in [-0.4, -0.2) is 72.3 Å². The van der Waals surface area contributed by atoms with Gasteiger partial charge in [-0.15, -0.1) is 0 Å². The van der Waals surface area contributed by atoms with Gasteiger partial charge in [-0.1, -0.05) is 12.5 Å². The quantitative estimate of drug-likeness (QED) is 0.702. The topological polar surface area (TPSA) is 94.9 Å². The van der Waals surface area contributed by atoms with Gasteiger partial charge in [0.1, 0.15) is 17.2 Å². The molecule has 2 amide bonds. The van der Waals surface area contributed by atoms with Gasteiger partial charge in [-0.05, 0) is 38.2 Å². The van der Waals surface area contributed by atoms with Gasteiger partial charge in [0.15, 0.2) is 5.60 Å². The molecule has 1 aromatic carbocycles.